The van der Waals surface area contributed by atoms with Crippen molar-refractivity contribution in [3.63, 3.8) is 0 Å². The van der Waals surface area contributed by atoms with Crippen molar-refractivity contribution >= 4 is 10.0 Å². The molecule has 0 aliphatic heterocycles. The topological polar surface area (TPSA) is 64.6 Å². The monoisotopic (exact) mass is 439 g/mol. The Bertz CT molecular complexity index is 1070. The van der Waals surface area contributed by atoms with Gasteiger partial charge in [0, 0.05) is 0 Å². The van der Waals surface area contributed by atoms with Crippen molar-refractivity contribution in [3.8, 4) is 11.5 Å². The van der Waals surface area contributed by atoms with Gasteiger partial charge in [0.25, 0.3) is 0 Å². The third-order valence-electron chi connectivity index (χ3n) is 5.27. The third kappa shape index (κ3) is 5.87. The second-order valence-corrected chi connectivity index (χ2v) is 9.44. The predicted octanol–water partition coefficient (Wildman–Crippen LogP) is 5.09. The van der Waals surface area contributed by atoms with Crippen molar-refractivity contribution in [2.45, 2.75) is 37.1 Å². The zero-order chi connectivity index (χ0) is 22.4. The molecule has 1 atom stereocenters. The lowest BCUT2D eigenvalue weighted by molar-refractivity contribution is 0.414. The molecule has 1 N–H and O–H groups in total. The summed E-state index contributed by atoms with van der Waals surface area (Å²) >= 11 is 0. The van der Waals surface area contributed by atoms with Gasteiger partial charge in [-0.15, -0.1) is 0 Å². The van der Waals surface area contributed by atoms with Crippen LogP contribution >= 0.6 is 0 Å². The van der Waals surface area contributed by atoms with Gasteiger partial charge in [-0.3, -0.25) is 0 Å². The Hall–Kier alpha value is -2.83. The van der Waals surface area contributed by atoms with Crippen LogP contribution in [0, 0.1) is 0 Å². The number of methoxy groups -OCH3 is 2. The van der Waals surface area contributed by atoms with Crippen molar-refractivity contribution in [2.75, 3.05) is 14.2 Å². The molecule has 0 radical (unpaired) electrons. The van der Waals surface area contributed by atoms with Crippen molar-refractivity contribution in [1.29, 1.82) is 0 Å². The molecule has 0 aliphatic carbocycles. The Kier molecular flexibility index (Phi) is 7.36. The molecular formula is C25H29NO4S. The highest BCUT2D eigenvalue weighted by Gasteiger charge is 2.22. The van der Waals surface area contributed by atoms with Crippen LogP contribution in [0.4, 0.5) is 0 Å². The van der Waals surface area contributed by atoms with E-state index in [1.54, 1.807) is 26.4 Å². The van der Waals surface area contributed by atoms with Crippen LogP contribution in [0.5, 0.6) is 11.5 Å². The Morgan fingerprint density at radius 1 is 0.742 bits per heavy atom. The van der Waals surface area contributed by atoms with E-state index in [0.29, 0.717) is 12.3 Å². The zero-order valence-corrected chi connectivity index (χ0v) is 19.1. The maximum atomic E-state index is 13.2. The molecule has 0 amide bonds. The lowest BCUT2D eigenvalue weighted by Crippen LogP contribution is -2.30. The van der Waals surface area contributed by atoms with Crippen molar-refractivity contribution in [3.05, 3.63) is 89.5 Å². The third-order valence-corrected chi connectivity index (χ3v) is 6.76. The molecule has 31 heavy (non-hydrogen) atoms. The van der Waals surface area contributed by atoms with E-state index in [0.717, 1.165) is 28.2 Å². The average Bonchev–Trinajstić information content (AvgIpc) is 2.79. The standard InChI is InChI=1S/C25H29NO4S/c1-18(2)20-9-15-24(16-10-20)31(27,28)26-25(21-7-13-23(30-4)14-8-21)17-19-5-11-22(29-3)12-6-19/h5-16,18,25-26H,17H2,1-4H3. The molecule has 0 heterocycles. The maximum absolute atomic E-state index is 13.2. The Balaban J connectivity index is 1.90. The largest absolute Gasteiger partial charge is 0.497 e. The molecule has 0 saturated carbocycles. The minimum atomic E-state index is -3.70. The molecule has 3 aromatic carbocycles. The first-order valence-electron chi connectivity index (χ1n) is 10.2. The molecule has 5 nitrogen and oxygen atoms in total. The van der Waals surface area contributed by atoms with Gasteiger partial charge in [-0.1, -0.05) is 50.2 Å². The lowest BCUT2D eigenvalue weighted by atomic mass is 9.99. The second kappa shape index (κ2) is 9.98. The average molecular weight is 440 g/mol. The van der Waals surface area contributed by atoms with E-state index in [2.05, 4.69) is 18.6 Å². The Morgan fingerprint density at radius 3 is 1.71 bits per heavy atom. The summed E-state index contributed by atoms with van der Waals surface area (Å²) in [5.74, 6) is 1.82. The van der Waals surface area contributed by atoms with E-state index < -0.39 is 16.1 Å². The van der Waals surface area contributed by atoms with E-state index in [1.807, 2.05) is 60.7 Å². The van der Waals surface area contributed by atoms with Gasteiger partial charge in [0.1, 0.15) is 11.5 Å². The van der Waals surface area contributed by atoms with Crippen LogP contribution in [0.1, 0.15) is 42.5 Å². The quantitative estimate of drug-likeness (QED) is 0.504. The van der Waals surface area contributed by atoms with Gasteiger partial charge in [0.2, 0.25) is 10.0 Å². The van der Waals surface area contributed by atoms with Crippen LogP contribution in [0.3, 0.4) is 0 Å². The SMILES string of the molecule is COc1ccc(CC(NS(=O)(=O)c2ccc(C(C)C)cc2)c2ccc(OC)cc2)cc1. The van der Waals surface area contributed by atoms with Crippen LogP contribution in [0.25, 0.3) is 0 Å². The normalized spacial score (nSPS) is 12.5. The molecule has 0 saturated heterocycles. The van der Waals surface area contributed by atoms with E-state index in [4.69, 9.17) is 9.47 Å². The highest BCUT2D eigenvalue weighted by Crippen LogP contribution is 2.25. The number of nitrogens with one attached hydrogen (secondary N) is 1. The summed E-state index contributed by atoms with van der Waals surface area (Å²) in [4.78, 5) is 0.255. The van der Waals surface area contributed by atoms with Crippen LogP contribution in [0.15, 0.2) is 77.7 Å². The number of sulfonamides is 1. The fourth-order valence-electron chi connectivity index (χ4n) is 3.35. The predicted molar refractivity (Wildman–Crippen MR) is 123 cm³/mol. The summed E-state index contributed by atoms with van der Waals surface area (Å²) < 4.78 is 39.7. The van der Waals surface area contributed by atoms with Crippen LogP contribution in [-0.4, -0.2) is 22.6 Å². The van der Waals surface area contributed by atoms with E-state index >= 15 is 0 Å². The Labute approximate surface area is 185 Å². The fraction of sp³-hybridized carbons (Fsp3) is 0.280. The van der Waals surface area contributed by atoms with Gasteiger partial charge in [0.15, 0.2) is 0 Å². The number of rotatable bonds is 9. The van der Waals surface area contributed by atoms with Crippen molar-refractivity contribution < 1.29 is 17.9 Å². The Morgan fingerprint density at radius 2 is 1.23 bits per heavy atom. The number of hydrogen-bond acceptors (Lipinski definition) is 4. The van der Waals surface area contributed by atoms with Gasteiger partial charge < -0.3 is 9.47 Å². The highest BCUT2D eigenvalue weighted by atomic mass is 32.2. The maximum Gasteiger partial charge on any atom is 0.241 e. The van der Waals surface area contributed by atoms with Gasteiger partial charge in [-0.2, -0.15) is 0 Å². The van der Waals surface area contributed by atoms with Crippen molar-refractivity contribution in [1.82, 2.24) is 4.72 Å². The second-order valence-electron chi connectivity index (χ2n) is 7.72. The molecule has 0 aliphatic rings. The first-order valence-corrected chi connectivity index (χ1v) is 11.7. The van der Waals surface area contributed by atoms with E-state index in [1.165, 1.54) is 0 Å². The smallest absolute Gasteiger partial charge is 0.241 e. The first-order chi connectivity index (χ1) is 14.8. The summed E-state index contributed by atoms with van der Waals surface area (Å²) in [5.41, 5.74) is 2.96. The zero-order valence-electron chi connectivity index (χ0n) is 18.3. The summed E-state index contributed by atoms with van der Waals surface area (Å²) in [7, 11) is -0.481. The molecule has 0 spiro atoms. The summed E-state index contributed by atoms with van der Waals surface area (Å²) in [6.07, 6.45) is 0.500. The number of hydrogen-bond donors (Lipinski definition) is 1. The van der Waals surface area contributed by atoms with E-state index in [-0.39, 0.29) is 4.90 Å². The molecule has 0 aromatic heterocycles. The van der Waals surface area contributed by atoms with Gasteiger partial charge >= 0.3 is 0 Å². The minimum Gasteiger partial charge on any atom is -0.497 e. The molecule has 1 unspecified atom stereocenters. The first kappa shape index (κ1) is 22.8. The molecule has 164 valence electrons. The van der Waals surface area contributed by atoms with Gasteiger partial charge in [0.05, 0.1) is 25.2 Å². The van der Waals surface area contributed by atoms with Crippen LogP contribution in [0.2, 0.25) is 0 Å². The molecule has 0 fully saturated rings. The summed E-state index contributed by atoms with van der Waals surface area (Å²) in [6.45, 7) is 4.16. The van der Waals surface area contributed by atoms with Crippen molar-refractivity contribution in [2.24, 2.45) is 0 Å². The van der Waals surface area contributed by atoms with Crippen LogP contribution < -0.4 is 14.2 Å². The number of ether oxygens (including phenoxy) is 2. The minimum absolute atomic E-state index is 0.255. The summed E-state index contributed by atoms with van der Waals surface area (Å²) in [5, 5.41) is 0. The number of benzene rings is 3. The molecule has 3 rings (SSSR count). The lowest BCUT2D eigenvalue weighted by Gasteiger charge is -2.20. The van der Waals surface area contributed by atoms with E-state index in [9.17, 15) is 8.42 Å². The highest BCUT2D eigenvalue weighted by molar-refractivity contribution is 7.89. The van der Waals surface area contributed by atoms with Gasteiger partial charge in [-0.05, 0) is 65.4 Å². The van der Waals surface area contributed by atoms with Gasteiger partial charge in [-0.25, -0.2) is 13.1 Å². The molecular weight excluding hydrogens is 410 g/mol. The summed E-state index contributed by atoms with van der Waals surface area (Å²) in [6, 6.07) is 21.7. The molecule has 6 heteroatoms. The molecule has 0 bridgehead atoms. The fourth-order valence-corrected chi connectivity index (χ4v) is 4.57. The van der Waals surface area contributed by atoms with Crippen LogP contribution in [-0.2, 0) is 16.4 Å². The molecule has 3 aromatic rings.